The summed E-state index contributed by atoms with van der Waals surface area (Å²) in [5.41, 5.74) is 3.60. The molecule has 1 heteroatoms. The van der Waals surface area contributed by atoms with Gasteiger partial charge in [-0.2, -0.15) is 0 Å². The zero-order valence-corrected chi connectivity index (χ0v) is 19.1. The predicted molar refractivity (Wildman–Crippen MR) is 127 cm³/mol. The Labute approximate surface area is 179 Å². The van der Waals surface area contributed by atoms with E-state index in [0.717, 1.165) is 30.3 Å². The SMILES string of the molecule is C#CC1=C(/C=C\C)CC(C)C1.C=C(C#CC(/C=C\[C@H](C)C1CCC1)=C/C)OCC. The highest BCUT2D eigenvalue weighted by Gasteiger charge is 2.21. The molecule has 0 saturated heterocycles. The van der Waals surface area contributed by atoms with Crippen molar-refractivity contribution in [1.29, 1.82) is 0 Å². The second-order valence-electron chi connectivity index (χ2n) is 7.92. The lowest BCUT2D eigenvalue weighted by Crippen LogP contribution is -2.17. The van der Waals surface area contributed by atoms with Crippen LogP contribution in [0.2, 0.25) is 0 Å². The van der Waals surface area contributed by atoms with Crippen molar-refractivity contribution in [2.45, 2.75) is 66.7 Å². The van der Waals surface area contributed by atoms with Crippen LogP contribution in [-0.2, 0) is 4.74 Å². The summed E-state index contributed by atoms with van der Waals surface area (Å²) in [5, 5.41) is 0. The summed E-state index contributed by atoms with van der Waals surface area (Å²) < 4.78 is 5.21. The molecule has 0 N–H and O–H groups in total. The number of ether oxygens (including phenoxy) is 1. The quantitative estimate of drug-likeness (QED) is 0.261. The van der Waals surface area contributed by atoms with Gasteiger partial charge in [-0.1, -0.05) is 62.5 Å². The van der Waals surface area contributed by atoms with Crippen LogP contribution in [0.25, 0.3) is 0 Å². The van der Waals surface area contributed by atoms with Gasteiger partial charge in [0.25, 0.3) is 0 Å². The van der Waals surface area contributed by atoms with Crippen molar-refractivity contribution in [3.8, 4) is 24.2 Å². The van der Waals surface area contributed by atoms with Gasteiger partial charge in [0.1, 0.15) is 0 Å². The van der Waals surface area contributed by atoms with Crippen molar-refractivity contribution in [3.05, 3.63) is 59.4 Å². The van der Waals surface area contributed by atoms with E-state index in [1.165, 1.54) is 30.4 Å². The number of hydrogen-bond acceptors (Lipinski definition) is 1. The van der Waals surface area contributed by atoms with E-state index in [4.69, 9.17) is 11.2 Å². The molecule has 0 spiro atoms. The van der Waals surface area contributed by atoms with Crippen LogP contribution in [0.1, 0.15) is 66.7 Å². The summed E-state index contributed by atoms with van der Waals surface area (Å²) in [5.74, 6) is 11.6. The lowest BCUT2D eigenvalue weighted by atomic mass is 9.76. The van der Waals surface area contributed by atoms with Gasteiger partial charge in [-0.05, 0) is 82.3 Å². The first-order valence-electron chi connectivity index (χ1n) is 10.9. The van der Waals surface area contributed by atoms with Gasteiger partial charge in [-0.15, -0.1) is 6.42 Å². The molecule has 2 atom stereocenters. The number of hydrogen-bond donors (Lipinski definition) is 0. The van der Waals surface area contributed by atoms with Crippen LogP contribution in [-0.4, -0.2) is 6.61 Å². The minimum Gasteiger partial charge on any atom is -0.486 e. The van der Waals surface area contributed by atoms with Gasteiger partial charge in [0, 0.05) is 11.1 Å². The smallest absolute Gasteiger partial charge is 0.163 e. The third-order valence-electron chi connectivity index (χ3n) is 5.50. The van der Waals surface area contributed by atoms with Crippen molar-refractivity contribution in [2.75, 3.05) is 6.61 Å². The van der Waals surface area contributed by atoms with Gasteiger partial charge < -0.3 is 4.74 Å². The highest BCUT2D eigenvalue weighted by atomic mass is 16.5. The molecule has 1 fully saturated rings. The van der Waals surface area contributed by atoms with Crippen LogP contribution in [0.4, 0.5) is 0 Å². The third kappa shape index (κ3) is 9.11. The van der Waals surface area contributed by atoms with Gasteiger partial charge in [0.15, 0.2) is 5.76 Å². The Kier molecular flexibility index (Phi) is 11.7. The Morgan fingerprint density at radius 1 is 1.28 bits per heavy atom. The minimum atomic E-state index is 0.539. The van der Waals surface area contributed by atoms with Crippen molar-refractivity contribution in [1.82, 2.24) is 0 Å². The molecule has 2 aliphatic carbocycles. The Morgan fingerprint density at radius 2 is 2.00 bits per heavy atom. The van der Waals surface area contributed by atoms with Crippen LogP contribution < -0.4 is 0 Å². The predicted octanol–water partition coefficient (Wildman–Crippen LogP) is 7.40. The van der Waals surface area contributed by atoms with Gasteiger partial charge in [-0.3, -0.25) is 0 Å². The van der Waals surface area contributed by atoms with E-state index < -0.39 is 0 Å². The first kappa shape index (κ1) is 24.7. The highest BCUT2D eigenvalue weighted by molar-refractivity contribution is 5.42. The van der Waals surface area contributed by atoms with Crippen molar-refractivity contribution in [2.24, 2.45) is 17.8 Å². The van der Waals surface area contributed by atoms with E-state index >= 15 is 0 Å². The van der Waals surface area contributed by atoms with Crippen LogP contribution in [0.3, 0.4) is 0 Å². The molecule has 0 aliphatic heterocycles. The molecule has 0 amide bonds. The lowest BCUT2D eigenvalue weighted by molar-refractivity contribution is 0.248. The Hall–Kier alpha value is -2.38. The Bertz CT molecular complexity index is 750. The fourth-order valence-electron chi connectivity index (χ4n) is 3.51. The first-order chi connectivity index (χ1) is 13.9. The summed E-state index contributed by atoms with van der Waals surface area (Å²) in [6.07, 6.45) is 22.4. The molecule has 0 aromatic rings. The van der Waals surface area contributed by atoms with E-state index in [9.17, 15) is 0 Å². The monoisotopic (exact) mass is 390 g/mol. The van der Waals surface area contributed by atoms with Crippen molar-refractivity contribution < 1.29 is 4.74 Å². The molecular weight excluding hydrogens is 352 g/mol. The molecule has 0 aromatic carbocycles. The van der Waals surface area contributed by atoms with Crippen LogP contribution in [0.15, 0.2) is 59.4 Å². The molecule has 1 unspecified atom stereocenters. The Balaban J connectivity index is 0.000000326. The Morgan fingerprint density at radius 3 is 2.52 bits per heavy atom. The molecule has 156 valence electrons. The van der Waals surface area contributed by atoms with Gasteiger partial charge in [0.2, 0.25) is 0 Å². The standard InChI is InChI=1S/C17H24O.C11H14/c1-5-16(13-11-15(4)18-6-2)12-10-14(3)17-8-7-9-17;1-4-6-11-8-9(3)7-10(11)5-2/h5,10,12,14,17H,4,6-9H2,1-3H3;2,4,6,9H,7-8H2,1,3H3/b12-10-,16-5+;6-4-/t14-;/m0./s1. The fraction of sp³-hybridized carbons (Fsp3) is 0.500. The van der Waals surface area contributed by atoms with Gasteiger partial charge in [0.05, 0.1) is 6.61 Å². The molecule has 1 saturated carbocycles. The minimum absolute atomic E-state index is 0.539. The summed E-state index contributed by atoms with van der Waals surface area (Å²) in [6.45, 7) is 14.9. The molecule has 1 nitrogen and oxygen atoms in total. The van der Waals surface area contributed by atoms with Gasteiger partial charge >= 0.3 is 0 Å². The van der Waals surface area contributed by atoms with Crippen LogP contribution in [0, 0.1) is 41.9 Å². The van der Waals surface area contributed by atoms with E-state index in [-0.39, 0.29) is 0 Å². The van der Waals surface area contributed by atoms with E-state index in [1.807, 2.05) is 26.8 Å². The molecule has 2 rings (SSSR count). The molecule has 0 radical (unpaired) electrons. The molecule has 29 heavy (non-hydrogen) atoms. The average molecular weight is 391 g/mol. The zero-order valence-electron chi connectivity index (χ0n) is 19.1. The topological polar surface area (TPSA) is 9.23 Å². The molecule has 0 heterocycles. The van der Waals surface area contributed by atoms with E-state index in [2.05, 4.69) is 62.5 Å². The van der Waals surface area contributed by atoms with E-state index in [1.54, 1.807) is 0 Å². The summed E-state index contributed by atoms with van der Waals surface area (Å²) in [4.78, 5) is 0. The molecule has 0 aromatic heterocycles. The summed E-state index contributed by atoms with van der Waals surface area (Å²) in [7, 11) is 0. The maximum Gasteiger partial charge on any atom is 0.163 e. The average Bonchev–Trinajstić information content (AvgIpc) is 3.01. The van der Waals surface area contributed by atoms with Crippen LogP contribution >= 0.6 is 0 Å². The molecule has 0 bridgehead atoms. The third-order valence-corrected chi connectivity index (χ3v) is 5.50. The highest BCUT2D eigenvalue weighted by Crippen LogP contribution is 2.34. The largest absolute Gasteiger partial charge is 0.486 e. The fourth-order valence-corrected chi connectivity index (χ4v) is 3.51. The number of terminal acetylenes is 1. The number of rotatable bonds is 6. The van der Waals surface area contributed by atoms with Crippen molar-refractivity contribution >= 4 is 0 Å². The molecule has 2 aliphatic rings. The van der Waals surface area contributed by atoms with E-state index in [0.29, 0.717) is 18.3 Å². The normalized spacial score (nSPS) is 20.4. The second-order valence-corrected chi connectivity index (χ2v) is 7.92. The molecular formula is C28H38O. The van der Waals surface area contributed by atoms with Crippen molar-refractivity contribution in [3.63, 3.8) is 0 Å². The zero-order chi connectivity index (χ0) is 21.6. The maximum atomic E-state index is 5.37. The number of allylic oxidation sites excluding steroid dienone is 9. The maximum absolute atomic E-state index is 5.37. The lowest BCUT2D eigenvalue weighted by Gasteiger charge is -2.29. The second kappa shape index (κ2) is 13.7. The van der Waals surface area contributed by atoms with Crippen LogP contribution in [0.5, 0.6) is 0 Å². The first-order valence-corrected chi connectivity index (χ1v) is 10.9. The summed E-state index contributed by atoms with van der Waals surface area (Å²) >= 11 is 0. The van der Waals surface area contributed by atoms with Gasteiger partial charge in [-0.25, -0.2) is 0 Å². The summed E-state index contributed by atoms with van der Waals surface area (Å²) in [6, 6.07) is 0.